The summed E-state index contributed by atoms with van der Waals surface area (Å²) in [5.41, 5.74) is -0.760. The summed E-state index contributed by atoms with van der Waals surface area (Å²) < 4.78 is 5.82. The molecule has 1 atom stereocenters. The van der Waals surface area contributed by atoms with Crippen LogP contribution in [0.15, 0.2) is 22.7 Å². The molecule has 0 heterocycles. The molecule has 6 heteroatoms. The van der Waals surface area contributed by atoms with Crippen LogP contribution in [0.2, 0.25) is 0 Å². The van der Waals surface area contributed by atoms with E-state index in [1.54, 1.807) is 25.3 Å². The molecular formula is C13H16BrNO4. The van der Waals surface area contributed by atoms with Gasteiger partial charge in [-0.1, -0.05) is 6.07 Å². The first-order valence-corrected chi connectivity index (χ1v) is 6.42. The van der Waals surface area contributed by atoms with Crippen molar-refractivity contribution in [1.29, 1.82) is 0 Å². The SMILES string of the molecule is CNC(=O)C(C)(Cc1ccc(OC)c(Br)c1)C(=O)O. The van der Waals surface area contributed by atoms with Crippen molar-refractivity contribution in [2.75, 3.05) is 14.2 Å². The van der Waals surface area contributed by atoms with Gasteiger partial charge in [-0.15, -0.1) is 0 Å². The summed E-state index contributed by atoms with van der Waals surface area (Å²) in [6.45, 7) is 1.41. The molecule has 1 unspecified atom stereocenters. The number of carbonyl (C=O) groups excluding carboxylic acids is 1. The van der Waals surface area contributed by atoms with Crippen molar-refractivity contribution in [2.45, 2.75) is 13.3 Å². The zero-order chi connectivity index (χ0) is 14.6. The Morgan fingerprint density at radius 2 is 2.11 bits per heavy atom. The third-order valence-electron chi connectivity index (χ3n) is 2.97. The van der Waals surface area contributed by atoms with Gasteiger partial charge >= 0.3 is 5.97 Å². The smallest absolute Gasteiger partial charge is 0.319 e. The van der Waals surface area contributed by atoms with E-state index in [2.05, 4.69) is 21.2 Å². The molecule has 0 aliphatic heterocycles. The number of methoxy groups -OCH3 is 1. The van der Waals surface area contributed by atoms with Crippen molar-refractivity contribution in [1.82, 2.24) is 5.32 Å². The van der Waals surface area contributed by atoms with Crippen LogP contribution in [0, 0.1) is 5.41 Å². The minimum atomic E-state index is -1.50. The van der Waals surface area contributed by atoms with E-state index in [1.165, 1.54) is 14.0 Å². The van der Waals surface area contributed by atoms with Crippen molar-refractivity contribution in [3.05, 3.63) is 28.2 Å². The van der Waals surface area contributed by atoms with E-state index in [1.807, 2.05) is 0 Å². The van der Waals surface area contributed by atoms with Crippen LogP contribution in [0.5, 0.6) is 5.75 Å². The lowest BCUT2D eigenvalue weighted by molar-refractivity contribution is -0.154. The summed E-state index contributed by atoms with van der Waals surface area (Å²) >= 11 is 3.33. The standard InChI is InChI=1S/C13H16BrNO4/c1-13(12(17)18,11(16)15-2)7-8-4-5-10(19-3)9(14)6-8/h4-6H,7H2,1-3H3,(H,15,16)(H,17,18). The number of nitrogens with one attached hydrogen (secondary N) is 1. The van der Waals surface area contributed by atoms with Crippen LogP contribution in [0.25, 0.3) is 0 Å². The van der Waals surface area contributed by atoms with Crippen molar-refractivity contribution in [2.24, 2.45) is 5.41 Å². The lowest BCUT2D eigenvalue weighted by Gasteiger charge is -2.23. The Morgan fingerprint density at radius 3 is 2.53 bits per heavy atom. The molecule has 0 saturated heterocycles. The molecule has 2 N–H and O–H groups in total. The number of halogens is 1. The number of ether oxygens (including phenoxy) is 1. The molecule has 0 saturated carbocycles. The number of aliphatic carboxylic acids is 1. The van der Waals surface area contributed by atoms with Crippen molar-refractivity contribution in [3.63, 3.8) is 0 Å². The van der Waals surface area contributed by atoms with Gasteiger partial charge < -0.3 is 15.2 Å². The van der Waals surface area contributed by atoms with Crippen molar-refractivity contribution >= 4 is 27.8 Å². The van der Waals surface area contributed by atoms with E-state index in [0.29, 0.717) is 5.75 Å². The normalized spacial score (nSPS) is 13.5. The van der Waals surface area contributed by atoms with Gasteiger partial charge in [-0.2, -0.15) is 0 Å². The molecule has 104 valence electrons. The van der Waals surface area contributed by atoms with Gasteiger partial charge in [0.05, 0.1) is 11.6 Å². The Hall–Kier alpha value is -1.56. The topological polar surface area (TPSA) is 75.6 Å². The number of hydrogen-bond donors (Lipinski definition) is 2. The van der Waals surface area contributed by atoms with Gasteiger partial charge in [-0.25, -0.2) is 0 Å². The summed E-state index contributed by atoms with van der Waals surface area (Å²) in [6, 6.07) is 5.22. The van der Waals surface area contributed by atoms with Crippen LogP contribution in [0.4, 0.5) is 0 Å². The molecule has 0 aliphatic rings. The maximum atomic E-state index is 11.8. The summed E-state index contributed by atoms with van der Waals surface area (Å²) in [4.78, 5) is 23.1. The second kappa shape index (κ2) is 6.06. The first-order valence-electron chi connectivity index (χ1n) is 5.63. The number of benzene rings is 1. The summed E-state index contributed by atoms with van der Waals surface area (Å²) in [6.07, 6.45) is 0.102. The molecular weight excluding hydrogens is 314 g/mol. The fraction of sp³-hybridized carbons (Fsp3) is 0.385. The molecule has 0 radical (unpaired) electrons. The molecule has 1 aromatic carbocycles. The van der Waals surface area contributed by atoms with Crippen LogP contribution in [0.1, 0.15) is 12.5 Å². The molecule has 5 nitrogen and oxygen atoms in total. The van der Waals surface area contributed by atoms with Gasteiger partial charge in [0, 0.05) is 7.05 Å². The molecule has 0 bridgehead atoms. The average molecular weight is 330 g/mol. The predicted octanol–water partition coefficient (Wildman–Crippen LogP) is 1.84. The van der Waals surface area contributed by atoms with E-state index in [-0.39, 0.29) is 6.42 Å². The minimum Gasteiger partial charge on any atom is -0.496 e. The Morgan fingerprint density at radius 1 is 1.47 bits per heavy atom. The number of carboxylic acid groups (broad SMARTS) is 1. The number of amides is 1. The second-order valence-corrected chi connectivity index (χ2v) is 5.22. The lowest BCUT2D eigenvalue weighted by atomic mass is 9.82. The van der Waals surface area contributed by atoms with E-state index in [4.69, 9.17) is 4.74 Å². The lowest BCUT2D eigenvalue weighted by Crippen LogP contribution is -2.44. The Bertz CT molecular complexity index is 503. The number of carboxylic acids is 1. The van der Waals surface area contributed by atoms with Crippen LogP contribution in [-0.2, 0) is 16.0 Å². The maximum absolute atomic E-state index is 11.8. The fourth-order valence-electron chi connectivity index (χ4n) is 1.76. The van der Waals surface area contributed by atoms with Crippen LogP contribution < -0.4 is 10.1 Å². The molecule has 0 aliphatic carbocycles. The van der Waals surface area contributed by atoms with E-state index < -0.39 is 17.3 Å². The zero-order valence-corrected chi connectivity index (χ0v) is 12.6. The Kier molecular flexibility index (Phi) is 4.94. The highest BCUT2D eigenvalue weighted by molar-refractivity contribution is 9.10. The highest BCUT2D eigenvalue weighted by atomic mass is 79.9. The summed E-state index contributed by atoms with van der Waals surface area (Å²) in [7, 11) is 2.97. The molecule has 1 rings (SSSR count). The average Bonchev–Trinajstić information content (AvgIpc) is 2.37. The molecule has 1 aromatic rings. The van der Waals surface area contributed by atoms with Gasteiger partial charge in [0.2, 0.25) is 5.91 Å². The highest BCUT2D eigenvalue weighted by Crippen LogP contribution is 2.29. The number of carbonyl (C=O) groups is 2. The third kappa shape index (κ3) is 3.26. The van der Waals surface area contributed by atoms with Gasteiger partial charge in [-0.3, -0.25) is 9.59 Å². The zero-order valence-electron chi connectivity index (χ0n) is 11.0. The van der Waals surface area contributed by atoms with E-state index >= 15 is 0 Å². The monoisotopic (exact) mass is 329 g/mol. The van der Waals surface area contributed by atoms with Gasteiger partial charge in [-0.05, 0) is 47.0 Å². The summed E-state index contributed by atoms with van der Waals surface area (Å²) in [5.74, 6) is -1.02. The molecule has 0 fully saturated rings. The minimum absolute atomic E-state index is 0.102. The first-order chi connectivity index (χ1) is 8.85. The number of rotatable bonds is 5. The van der Waals surface area contributed by atoms with Crippen LogP contribution in [-0.4, -0.2) is 31.1 Å². The van der Waals surface area contributed by atoms with Gasteiger partial charge in [0.25, 0.3) is 0 Å². The predicted molar refractivity (Wildman–Crippen MR) is 74.2 cm³/mol. The number of hydrogen-bond acceptors (Lipinski definition) is 3. The van der Waals surface area contributed by atoms with E-state index in [9.17, 15) is 14.7 Å². The Balaban J connectivity index is 3.07. The molecule has 19 heavy (non-hydrogen) atoms. The molecule has 1 amide bonds. The van der Waals surface area contributed by atoms with Crippen LogP contribution >= 0.6 is 15.9 Å². The fourth-order valence-corrected chi connectivity index (χ4v) is 2.35. The van der Waals surface area contributed by atoms with E-state index in [0.717, 1.165) is 10.0 Å². The highest BCUT2D eigenvalue weighted by Gasteiger charge is 2.40. The maximum Gasteiger partial charge on any atom is 0.319 e. The van der Waals surface area contributed by atoms with Crippen molar-refractivity contribution < 1.29 is 19.4 Å². The first kappa shape index (κ1) is 15.5. The molecule has 0 spiro atoms. The second-order valence-electron chi connectivity index (χ2n) is 4.36. The largest absolute Gasteiger partial charge is 0.496 e. The van der Waals surface area contributed by atoms with Gasteiger partial charge in [0.15, 0.2) is 0 Å². The van der Waals surface area contributed by atoms with Gasteiger partial charge in [0.1, 0.15) is 11.2 Å². The Labute approximate surface area is 120 Å². The third-order valence-corrected chi connectivity index (χ3v) is 3.59. The van der Waals surface area contributed by atoms with Crippen molar-refractivity contribution in [3.8, 4) is 5.75 Å². The molecule has 0 aromatic heterocycles. The summed E-state index contributed by atoms with van der Waals surface area (Å²) in [5, 5.41) is 11.7. The quantitative estimate of drug-likeness (QED) is 0.808. The van der Waals surface area contributed by atoms with Crippen LogP contribution in [0.3, 0.4) is 0 Å².